The molecule has 3 N–H and O–H groups in total. The van der Waals surface area contributed by atoms with Gasteiger partial charge in [-0.2, -0.15) is 5.10 Å². The zero-order valence-electron chi connectivity index (χ0n) is 9.29. The number of rotatable bonds is 5. The van der Waals surface area contributed by atoms with E-state index in [-0.39, 0.29) is 5.91 Å². The van der Waals surface area contributed by atoms with E-state index in [4.69, 9.17) is 5.73 Å². The highest BCUT2D eigenvalue weighted by Gasteiger charge is 2.15. The average Bonchev–Trinajstić information content (AvgIpc) is 2.63. The number of carbonyl (C=O) groups excluding carboxylic acids is 1. The molecule has 0 fully saturated rings. The maximum atomic E-state index is 11.8. The van der Waals surface area contributed by atoms with Gasteiger partial charge < -0.3 is 10.6 Å². The third-order valence-corrected chi connectivity index (χ3v) is 2.34. The molecule has 15 heavy (non-hydrogen) atoms. The highest BCUT2D eigenvalue weighted by molar-refractivity contribution is 5.97. The van der Waals surface area contributed by atoms with E-state index in [9.17, 15) is 4.79 Å². The predicted octanol–water partition coefficient (Wildman–Crippen LogP) is 1.25. The molecular weight excluding hydrogens is 192 g/mol. The van der Waals surface area contributed by atoms with Crippen molar-refractivity contribution in [1.29, 1.82) is 0 Å². The SMILES string of the molecule is CCCCCN(C)C(=O)c1cn[nH]c1N. The van der Waals surface area contributed by atoms with Gasteiger partial charge in [0.05, 0.1) is 6.20 Å². The molecule has 0 aromatic carbocycles. The van der Waals surface area contributed by atoms with Crippen LogP contribution in [0.3, 0.4) is 0 Å². The lowest BCUT2D eigenvalue weighted by Gasteiger charge is -2.16. The van der Waals surface area contributed by atoms with Gasteiger partial charge in [-0.3, -0.25) is 9.89 Å². The summed E-state index contributed by atoms with van der Waals surface area (Å²) >= 11 is 0. The highest BCUT2D eigenvalue weighted by atomic mass is 16.2. The number of nitrogens with one attached hydrogen (secondary N) is 1. The van der Waals surface area contributed by atoms with Crippen molar-refractivity contribution >= 4 is 11.7 Å². The van der Waals surface area contributed by atoms with Gasteiger partial charge in [-0.15, -0.1) is 0 Å². The van der Waals surface area contributed by atoms with Gasteiger partial charge in [-0.25, -0.2) is 0 Å². The number of carbonyl (C=O) groups is 1. The smallest absolute Gasteiger partial charge is 0.258 e. The van der Waals surface area contributed by atoms with Crippen molar-refractivity contribution < 1.29 is 4.79 Å². The first-order valence-electron chi connectivity index (χ1n) is 5.21. The fourth-order valence-electron chi connectivity index (χ4n) is 1.37. The molecule has 1 rings (SSSR count). The molecule has 1 aromatic rings. The molecule has 0 radical (unpaired) electrons. The molecule has 0 unspecified atom stereocenters. The minimum atomic E-state index is -0.0719. The summed E-state index contributed by atoms with van der Waals surface area (Å²) in [6, 6.07) is 0. The number of amides is 1. The number of aromatic nitrogens is 2. The standard InChI is InChI=1S/C10H18N4O/c1-3-4-5-6-14(2)10(15)8-7-12-13-9(8)11/h7H,3-6H2,1-2H3,(H3,11,12,13). The third kappa shape index (κ3) is 2.97. The van der Waals surface area contributed by atoms with Crippen LogP contribution in [0, 0.1) is 0 Å². The molecule has 1 amide bonds. The van der Waals surface area contributed by atoms with Crippen molar-refractivity contribution in [2.24, 2.45) is 0 Å². The number of hydrogen-bond acceptors (Lipinski definition) is 3. The van der Waals surface area contributed by atoms with Crippen molar-refractivity contribution in [2.45, 2.75) is 26.2 Å². The second-order valence-electron chi connectivity index (χ2n) is 3.63. The van der Waals surface area contributed by atoms with E-state index in [2.05, 4.69) is 17.1 Å². The normalized spacial score (nSPS) is 10.3. The van der Waals surface area contributed by atoms with Gasteiger partial charge in [-0.05, 0) is 6.42 Å². The van der Waals surface area contributed by atoms with Crippen molar-refractivity contribution in [3.05, 3.63) is 11.8 Å². The Hall–Kier alpha value is -1.52. The number of H-pyrrole nitrogens is 1. The summed E-state index contributed by atoms with van der Waals surface area (Å²) in [6.07, 6.45) is 4.78. The van der Waals surface area contributed by atoms with Gasteiger partial charge in [0.15, 0.2) is 0 Å². The van der Waals surface area contributed by atoms with E-state index >= 15 is 0 Å². The highest BCUT2D eigenvalue weighted by Crippen LogP contribution is 2.09. The van der Waals surface area contributed by atoms with Crippen molar-refractivity contribution in [2.75, 3.05) is 19.3 Å². The summed E-state index contributed by atoms with van der Waals surface area (Å²) in [5.74, 6) is 0.264. The largest absolute Gasteiger partial charge is 0.383 e. The fraction of sp³-hybridized carbons (Fsp3) is 0.600. The molecule has 0 bridgehead atoms. The van der Waals surface area contributed by atoms with Gasteiger partial charge in [0, 0.05) is 13.6 Å². The first kappa shape index (κ1) is 11.6. The first-order valence-corrected chi connectivity index (χ1v) is 5.21. The Bertz CT molecular complexity index is 321. The molecule has 0 spiro atoms. The maximum absolute atomic E-state index is 11.8. The summed E-state index contributed by atoms with van der Waals surface area (Å²) in [6.45, 7) is 2.90. The average molecular weight is 210 g/mol. The summed E-state index contributed by atoms with van der Waals surface area (Å²) in [5, 5.41) is 6.28. The van der Waals surface area contributed by atoms with Crippen molar-refractivity contribution in [3.63, 3.8) is 0 Å². The van der Waals surface area contributed by atoms with Crippen LogP contribution in [0.4, 0.5) is 5.82 Å². The second-order valence-corrected chi connectivity index (χ2v) is 3.63. The van der Waals surface area contributed by atoms with Crippen LogP contribution in [0.5, 0.6) is 0 Å². The Morgan fingerprint density at radius 3 is 2.87 bits per heavy atom. The minimum Gasteiger partial charge on any atom is -0.383 e. The lowest BCUT2D eigenvalue weighted by molar-refractivity contribution is 0.0794. The number of nitrogen functional groups attached to an aromatic ring is 1. The van der Waals surface area contributed by atoms with E-state index in [1.54, 1.807) is 11.9 Å². The summed E-state index contributed by atoms with van der Waals surface area (Å²) in [5.41, 5.74) is 6.02. The number of nitrogens with zero attached hydrogens (tertiary/aromatic N) is 2. The summed E-state index contributed by atoms with van der Waals surface area (Å²) in [7, 11) is 1.78. The maximum Gasteiger partial charge on any atom is 0.258 e. The van der Waals surface area contributed by atoms with Gasteiger partial charge in [0.25, 0.3) is 5.91 Å². The third-order valence-electron chi connectivity index (χ3n) is 2.34. The summed E-state index contributed by atoms with van der Waals surface area (Å²) in [4.78, 5) is 13.5. The Morgan fingerprint density at radius 1 is 1.60 bits per heavy atom. The second kappa shape index (κ2) is 5.38. The molecule has 0 saturated carbocycles. The molecule has 0 saturated heterocycles. The van der Waals surface area contributed by atoms with Crippen molar-refractivity contribution in [3.8, 4) is 0 Å². The van der Waals surface area contributed by atoms with Crippen LogP contribution in [-0.2, 0) is 0 Å². The molecule has 0 atom stereocenters. The Balaban J connectivity index is 2.50. The summed E-state index contributed by atoms with van der Waals surface area (Å²) < 4.78 is 0. The van der Waals surface area contributed by atoms with Gasteiger partial charge in [0.2, 0.25) is 0 Å². The van der Waals surface area contributed by atoms with E-state index < -0.39 is 0 Å². The molecule has 1 heterocycles. The zero-order valence-corrected chi connectivity index (χ0v) is 9.29. The lowest BCUT2D eigenvalue weighted by atomic mass is 10.2. The van der Waals surface area contributed by atoms with E-state index in [0.717, 1.165) is 25.8 Å². The minimum absolute atomic E-state index is 0.0719. The van der Waals surface area contributed by atoms with Gasteiger partial charge in [-0.1, -0.05) is 19.8 Å². The van der Waals surface area contributed by atoms with Crippen molar-refractivity contribution in [1.82, 2.24) is 15.1 Å². The number of nitrogens with two attached hydrogens (primary N) is 1. The first-order chi connectivity index (χ1) is 7.16. The molecule has 84 valence electrons. The van der Waals surface area contributed by atoms with Crippen LogP contribution in [0.1, 0.15) is 36.5 Å². The van der Waals surface area contributed by atoms with Gasteiger partial charge in [0.1, 0.15) is 11.4 Å². The number of unbranched alkanes of at least 4 members (excludes halogenated alkanes) is 2. The van der Waals surface area contributed by atoms with E-state index in [1.807, 2.05) is 0 Å². The van der Waals surface area contributed by atoms with E-state index in [0.29, 0.717) is 11.4 Å². The molecule has 1 aromatic heterocycles. The van der Waals surface area contributed by atoms with Crippen LogP contribution in [-0.4, -0.2) is 34.6 Å². The van der Waals surface area contributed by atoms with Crippen LogP contribution in [0.2, 0.25) is 0 Å². The molecule has 0 aliphatic carbocycles. The number of aromatic amines is 1. The van der Waals surface area contributed by atoms with E-state index in [1.165, 1.54) is 6.20 Å². The Kier molecular flexibility index (Phi) is 4.15. The Morgan fingerprint density at radius 2 is 2.33 bits per heavy atom. The van der Waals surface area contributed by atoms with Crippen LogP contribution in [0.15, 0.2) is 6.20 Å². The predicted molar refractivity (Wildman–Crippen MR) is 59.5 cm³/mol. The zero-order chi connectivity index (χ0) is 11.3. The topological polar surface area (TPSA) is 75.0 Å². The van der Waals surface area contributed by atoms with Crippen LogP contribution in [0.25, 0.3) is 0 Å². The lowest BCUT2D eigenvalue weighted by Crippen LogP contribution is -2.28. The monoisotopic (exact) mass is 210 g/mol. The quantitative estimate of drug-likeness (QED) is 0.718. The van der Waals surface area contributed by atoms with Crippen LogP contribution < -0.4 is 5.73 Å². The molecule has 5 heteroatoms. The molecule has 0 aliphatic rings. The number of anilines is 1. The molecular formula is C10H18N4O. The molecule has 0 aliphatic heterocycles. The van der Waals surface area contributed by atoms with Gasteiger partial charge >= 0.3 is 0 Å². The fourth-order valence-corrected chi connectivity index (χ4v) is 1.37. The Labute approximate surface area is 89.6 Å². The number of hydrogen-bond donors (Lipinski definition) is 2. The van der Waals surface area contributed by atoms with Crippen LogP contribution >= 0.6 is 0 Å². The molecule has 5 nitrogen and oxygen atoms in total.